The molecule has 106 valence electrons. The first-order valence-electron chi connectivity index (χ1n) is 6.94. The molecule has 0 atom stereocenters. The van der Waals surface area contributed by atoms with Crippen molar-refractivity contribution in [2.45, 2.75) is 38.4 Å². The van der Waals surface area contributed by atoms with Crippen molar-refractivity contribution in [3.8, 4) is 0 Å². The standard InChI is InChI=1S/C17H22O2Si/c1-17(2,20(3,4)19)11-13-9-10-14(12-18)16-8-6-5-7-15(13)16/h5-10,12,19H,11H2,1-4H3. The first kappa shape index (κ1) is 14.9. The van der Waals surface area contributed by atoms with Gasteiger partial charge in [-0.05, 0) is 40.9 Å². The molecule has 0 amide bonds. The summed E-state index contributed by atoms with van der Waals surface area (Å²) in [7, 11) is -2.25. The molecule has 20 heavy (non-hydrogen) atoms. The van der Waals surface area contributed by atoms with Gasteiger partial charge in [0.2, 0.25) is 0 Å². The molecule has 0 aliphatic heterocycles. The molecule has 2 rings (SSSR count). The van der Waals surface area contributed by atoms with E-state index in [2.05, 4.69) is 19.9 Å². The maximum atomic E-state index is 11.1. The third-order valence-corrected chi connectivity index (χ3v) is 7.95. The van der Waals surface area contributed by atoms with E-state index in [1.165, 1.54) is 5.56 Å². The number of rotatable bonds is 4. The van der Waals surface area contributed by atoms with Crippen molar-refractivity contribution in [1.29, 1.82) is 0 Å². The topological polar surface area (TPSA) is 37.3 Å². The van der Waals surface area contributed by atoms with Crippen molar-refractivity contribution in [3.05, 3.63) is 47.5 Å². The van der Waals surface area contributed by atoms with Gasteiger partial charge in [0.1, 0.15) is 0 Å². The zero-order valence-electron chi connectivity index (χ0n) is 12.6. The Bertz CT molecular complexity index is 639. The summed E-state index contributed by atoms with van der Waals surface area (Å²) in [6.45, 7) is 8.22. The van der Waals surface area contributed by atoms with E-state index in [0.717, 1.165) is 29.0 Å². The molecule has 0 unspecified atom stereocenters. The van der Waals surface area contributed by atoms with Gasteiger partial charge in [-0.2, -0.15) is 0 Å². The molecule has 0 fully saturated rings. The largest absolute Gasteiger partial charge is 0.432 e. The molecule has 2 aromatic rings. The van der Waals surface area contributed by atoms with Crippen molar-refractivity contribution in [2.75, 3.05) is 0 Å². The minimum Gasteiger partial charge on any atom is -0.432 e. The maximum absolute atomic E-state index is 11.1. The van der Waals surface area contributed by atoms with E-state index in [0.29, 0.717) is 0 Å². The van der Waals surface area contributed by atoms with E-state index >= 15 is 0 Å². The van der Waals surface area contributed by atoms with E-state index in [4.69, 9.17) is 0 Å². The molecule has 0 heterocycles. The van der Waals surface area contributed by atoms with Gasteiger partial charge in [0.15, 0.2) is 14.6 Å². The van der Waals surface area contributed by atoms with Crippen molar-refractivity contribution < 1.29 is 9.59 Å². The van der Waals surface area contributed by atoms with Gasteiger partial charge in [-0.25, -0.2) is 0 Å². The number of benzene rings is 2. The molecule has 0 aliphatic carbocycles. The highest BCUT2D eigenvalue weighted by molar-refractivity contribution is 6.72. The van der Waals surface area contributed by atoms with Crippen molar-refractivity contribution >= 4 is 25.4 Å². The fourth-order valence-corrected chi connectivity index (χ4v) is 2.96. The zero-order chi connectivity index (χ0) is 15.0. The van der Waals surface area contributed by atoms with Crippen LogP contribution in [-0.4, -0.2) is 19.4 Å². The van der Waals surface area contributed by atoms with Gasteiger partial charge >= 0.3 is 0 Å². The SMILES string of the molecule is CC(C)(Cc1ccc(C=O)c2ccccc12)[Si](C)(C)O. The molecule has 2 aromatic carbocycles. The molecular formula is C17H22O2Si. The lowest BCUT2D eigenvalue weighted by Crippen LogP contribution is -2.40. The minimum absolute atomic E-state index is 0.113. The molecule has 0 saturated heterocycles. The Morgan fingerprint density at radius 3 is 2.25 bits per heavy atom. The van der Waals surface area contributed by atoms with Crippen LogP contribution in [0.2, 0.25) is 18.1 Å². The number of fused-ring (bicyclic) bond motifs is 1. The summed E-state index contributed by atoms with van der Waals surface area (Å²) >= 11 is 0. The van der Waals surface area contributed by atoms with Crippen LogP contribution in [0.4, 0.5) is 0 Å². The molecule has 0 saturated carbocycles. The second kappa shape index (κ2) is 5.15. The lowest BCUT2D eigenvalue weighted by atomic mass is 9.94. The summed E-state index contributed by atoms with van der Waals surface area (Å²) in [6, 6.07) is 11.9. The quantitative estimate of drug-likeness (QED) is 0.676. The molecule has 3 heteroatoms. The third-order valence-electron chi connectivity index (χ3n) is 4.46. The first-order valence-corrected chi connectivity index (χ1v) is 9.89. The van der Waals surface area contributed by atoms with E-state index in [1.54, 1.807) is 0 Å². The Labute approximate surface area is 121 Å². The highest BCUT2D eigenvalue weighted by atomic mass is 28.4. The molecule has 0 aliphatic rings. The monoisotopic (exact) mass is 286 g/mol. The van der Waals surface area contributed by atoms with Crippen LogP contribution in [0, 0.1) is 0 Å². The lowest BCUT2D eigenvalue weighted by Gasteiger charge is -2.35. The highest BCUT2D eigenvalue weighted by Crippen LogP contribution is 2.40. The van der Waals surface area contributed by atoms with Crippen molar-refractivity contribution in [1.82, 2.24) is 0 Å². The van der Waals surface area contributed by atoms with E-state index in [1.807, 2.05) is 43.4 Å². The van der Waals surface area contributed by atoms with Crippen LogP contribution in [0.5, 0.6) is 0 Å². The summed E-state index contributed by atoms with van der Waals surface area (Å²) in [5.74, 6) is 0. The summed E-state index contributed by atoms with van der Waals surface area (Å²) in [5, 5.41) is 2.00. The van der Waals surface area contributed by atoms with Crippen LogP contribution in [0.1, 0.15) is 29.8 Å². The number of carbonyl (C=O) groups excluding carboxylic acids is 1. The molecule has 2 nitrogen and oxygen atoms in total. The van der Waals surface area contributed by atoms with E-state index in [-0.39, 0.29) is 5.04 Å². The normalized spacial score (nSPS) is 12.7. The van der Waals surface area contributed by atoms with Crippen LogP contribution < -0.4 is 0 Å². The predicted molar refractivity (Wildman–Crippen MR) is 86.8 cm³/mol. The van der Waals surface area contributed by atoms with Gasteiger partial charge in [0.25, 0.3) is 0 Å². The number of hydrogen-bond acceptors (Lipinski definition) is 2. The Kier molecular flexibility index (Phi) is 3.85. The van der Waals surface area contributed by atoms with Crippen LogP contribution in [-0.2, 0) is 6.42 Å². The van der Waals surface area contributed by atoms with Crippen molar-refractivity contribution in [3.63, 3.8) is 0 Å². The molecule has 0 spiro atoms. The lowest BCUT2D eigenvalue weighted by molar-refractivity contribution is 0.112. The van der Waals surface area contributed by atoms with Crippen LogP contribution in [0.15, 0.2) is 36.4 Å². The molecule has 0 aromatic heterocycles. The Morgan fingerprint density at radius 2 is 1.70 bits per heavy atom. The molecule has 1 N–H and O–H groups in total. The molecular weight excluding hydrogens is 264 g/mol. The van der Waals surface area contributed by atoms with Gasteiger partial charge < -0.3 is 4.80 Å². The van der Waals surface area contributed by atoms with Gasteiger partial charge in [-0.15, -0.1) is 0 Å². The summed E-state index contributed by atoms with van der Waals surface area (Å²) in [5.41, 5.74) is 1.92. The van der Waals surface area contributed by atoms with Crippen LogP contribution in [0.3, 0.4) is 0 Å². The average molecular weight is 286 g/mol. The summed E-state index contributed by atoms with van der Waals surface area (Å²) in [6.07, 6.45) is 1.73. The minimum atomic E-state index is -2.25. The number of aldehydes is 1. The van der Waals surface area contributed by atoms with E-state index in [9.17, 15) is 9.59 Å². The van der Waals surface area contributed by atoms with Crippen LogP contribution >= 0.6 is 0 Å². The molecule has 0 radical (unpaired) electrons. The second-order valence-electron chi connectivity index (χ2n) is 6.60. The smallest absolute Gasteiger partial charge is 0.188 e. The van der Waals surface area contributed by atoms with Crippen LogP contribution in [0.25, 0.3) is 10.8 Å². The molecule has 0 bridgehead atoms. The zero-order valence-corrected chi connectivity index (χ0v) is 13.6. The van der Waals surface area contributed by atoms with Crippen molar-refractivity contribution in [2.24, 2.45) is 0 Å². The first-order chi connectivity index (χ1) is 9.26. The van der Waals surface area contributed by atoms with Gasteiger partial charge in [0, 0.05) is 5.56 Å². The second-order valence-corrected chi connectivity index (χ2v) is 11.1. The Balaban J connectivity index is 2.54. The average Bonchev–Trinajstić information content (AvgIpc) is 2.37. The fraction of sp³-hybridized carbons (Fsp3) is 0.353. The van der Waals surface area contributed by atoms with Gasteiger partial charge in [-0.1, -0.05) is 50.2 Å². The third kappa shape index (κ3) is 2.69. The number of carbonyl (C=O) groups is 1. The Morgan fingerprint density at radius 1 is 1.10 bits per heavy atom. The maximum Gasteiger partial charge on any atom is 0.188 e. The Hall–Kier alpha value is -1.45. The summed E-state index contributed by atoms with van der Waals surface area (Å²) in [4.78, 5) is 21.6. The van der Waals surface area contributed by atoms with Gasteiger partial charge in [-0.3, -0.25) is 4.79 Å². The summed E-state index contributed by atoms with van der Waals surface area (Å²) < 4.78 is 0. The number of hydrogen-bond donors (Lipinski definition) is 1. The highest BCUT2D eigenvalue weighted by Gasteiger charge is 2.38. The predicted octanol–water partition coefficient (Wildman–Crippen LogP) is 4.17. The van der Waals surface area contributed by atoms with E-state index < -0.39 is 8.32 Å². The van der Waals surface area contributed by atoms with Gasteiger partial charge in [0.05, 0.1) is 0 Å². The fourth-order valence-electron chi connectivity index (χ4n) is 2.33.